The second-order valence-corrected chi connectivity index (χ2v) is 7.18. The average Bonchev–Trinajstić information content (AvgIpc) is 3.13. The van der Waals surface area contributed by atoms with E-state index in [4.69, 9.17) is 4.74 Å². The molecule has 3 aliphatic heterocycles. The topological polar surface area (TPSA) is 88.0 Å². The number of hydrogen-bond acceptors (Lipinski definition) is 5. The highest BCUT2D eigenvalue weighted by molar-refractivity contribution is 5.97. The van der Waals surface area contributed by atoms with Gasteiger partial charge in [-0.1, -0.05) is 0 Å². The lowest BCUT2D eigenvalue weighted by Gasteiger charge is -2.32. The van der Waals surface area contributed by atoms with Crippen molar-refractivity contribution >= 4 is 18.2 Å². The molecule has 3 aliphatic rings. The van der Waals surface area contributed by atoms with Gasteiger partial charge < -0.3 is 24.0 Å². The van der Waals surface area contributed by atoms with Gasteiger partial charge in [-0.25, -0.2) is 4.98 Å². The zero-order valence-corrected chi connectivity index (χ0v) is 15.4. The highest BCUT2D eigenvalue weighted by Crippen LogP contribution is 2.24. The molecule has 0 atom stereocenters. The summed E-state index contributed by atoms with van der Waals surface area (Å²) in [6.07, 6.45) is 3.57. The molecule has 4 rings (SSSR count). The fraction of sp³-hybridized carbons (Fsp3) is 0.667. The van der Waals surface area contributed by atoms with Crippen LogP contribution in [0.5, 0.6) is 0 Å². The molecule has 4 heterocycles. The van der Waals surface area contributed by atoms with E-state index in [1.165, 1.54) is 0 Å². The van der Waals surface area contributed by atoms with E-state index in [1.807, 2.05) is 4.57 Å². The molecule has 0 N–H and O–H groups in total. The Morgan fingerprint density at radius 3 is 2.30 bits per heavy atom. The molecule has 1 aromatic rings. The fourth-order valence-corrected chi connectivity index (χ4v) is 3.97. The standard InChI is InChI=1S/C18H25N5O4/c24-13-20-5-7-21(8-6-20)18(26)16-19-15(14-3-1-2-4-23(14)16)17(25)22-9-11-27-12-10-22/h13H,1-12H2. The van der Waals surface area contributed by atoms with Crippen LogP contribution in [0.2, 0.25) is 0 Å². The van der Waals surface area contributed by atoms with Gasteiger partial charge in [0.25, 0.3) is 11.8 Å². The lowest BCUT2D eigenvalue weighted by atomic mass is 10.1. The van der Waals surface area contributed by atoms with E-state index in [-0.39, 0.29) is 11.8 Å². The predicted octanol–water partition coefficient (Wildman–Crippen LogP) is -0.394. The second kappa shape index (κ2) is 7.67. The Hall–Kier alpha value is -2.42. The Kier molecular flexibility index (Phi) is 5.11. The van der Waals surface area contributed by atoms with E-state index >= 15 is 0 Å². The summed E-state index contributed by atoms with van der Waals surface area (Å²) < 4.78 is 7.27. The molecule has 2 fully saturated rings. The average molecular weight is 375 g/mol. The number of aromatic nitrogens is 2. The lowest BCUT2D eigenvalue weighted by Crippen LogP contribution is -2.48. The smallest absolute Gasteiger partial charge is 0.290 e. The number of imidazole rings is 1. The molecule has 0 radical (unpaired) electrons. The number of hydrogen-bond donors (Lipinski definition) is 0. The maximum atomic E-state index is 13.1. The van der Waals surface area contributed by atoms with Crippen LogP contribution in [0.15, 0.2) is 0 Å². The zero-order chi connectivity index (χ0) is 18.8. The Morgan fingerprint density at radius 1 is 0.889 bits per heavy atom. The van der Waals surface area contributed by atoms with Crippen LogP contribution in [-0.4, -0.2) is 95.0 Å². The number of morpholine rings is 1. The predicted molar refractivity (Wildman–Crippen MR) is 95.4 cm³/mol. The summed E-state index contributed by atoms with van der Waals surface area (Å²) in [5, 5.41) is 0. The fourth-order valence-electron chi connectivity index (χ4n) is 3.97. The SMILES string of the molecule is O=CN1CCN(C(=O)c2nc(C(=O)N3CCOCC3)c3n2CCCC3)CC1. The number of rotatable bonds is 3. The van der Waals surface area contributed by atoms with Crippen LogP contribution in [0.25, 0.3) is 0 Å². The van der Waals surface area contributed by atoms with E-state index in [9.17, 15) is 14.4 Å². The summed E-state index contributed by atoms with van der Waals surface area (Å²) in [4.78, 5) is 46.6. The lowest BCUT2D eigenvalue weighted by molar-refractivity contribution is -0.119. The van der Waals surface area contributed by atoms with Crippen LogP contribution in [0.4, 0.5) is 0 Å². The van der Waals surface area contributed by atoms with Crippen molar-refractivity contribution in [2.75, 3.05) is 52.5 Å². The second-order valence-electron chi connectivity index (χ2n) is 7.18. The first-order chi connectivity index (χ1) is 13.2. The van der Waals surface area contributed by atoms with Crippen LogP contribution in [-0.2, 0) is 22.5 Å². The highest BCUT2D eigenvalue weighted by atomic mass is 16.5. The number of carbonyl (C=O) groups excluding carboxylic acids is 3. The van der Waals surface area contributed by atoms with Crippen molar-refractivity contribution in [1.29, 1.82) is 0 Å². The molecule has 0 bridgehead atoms. The largest absolute Gasteiger partial charge is 0.378 e. The number of ether oxygens (including phenoxy) is 1. The van der Waals surface area contributed by atoms with Crippen LogP contribution in [0.1, 0.15) is 39.6 Å². The van der Waals surface area contributed by atoms with Gasteiger partial charge >= 0.3 is 0 Å². The number of nitrogens with zero attached hydrogens (tertiary/aromatic N) is 5. The third kappa shape index (κ3) is 3.43. The van der Waals surface area contributed by atoms with Gasteiger partial charge in [0, 0.05) is 45.8 Å². The molecule has 3 amide bonds. The quantitative estimate of drug-likeness (QED) is 0.671. The van der Waals surface area contributed by atoms with Crippen molar-refractivity contribution in [3.05, 3.63) is 17.2 Å². The normalized spacial score (nSPS) is 20.4. The molecule has 0 spiro atoms. The van der Waals surface area contributed by atoms with Crippen LogP contribution >= 0.6 is 0 Å². The van der Waals surface area contributed by atoms with E-state index < -0.39 is 0 Å². The summed E-state index contributed by atoms with van der Waals surface area (Å²) in [5.74, 6) is 0.111. The Balaban J connectivity index is 1.59. The monoisotopic (exact) mass is 375 g/mol. The molecule has 27 heavy (non-hydrogen) atoms. The third-order valence-corrected chi connectivity index (χ3v) is 5.56. The Morgan fingerprint density at radius 2 is 1.59 bits per heavy atom. The first-order valence-corrected chi connectivity index (χ1v) is 9.64. The molecular formula is C18H25N5O4. The van der Waals surface area contributed by atoms with Gasteiger partial charge in [-0.05, 0) is 19.3 Å². The summed E-state index contributed by atoms with van der Waals surface area (Å²) in [7, 11) is 0. The molecule has 0 saturated carbocycles. The minimum atomic E-state index is -0.148. The van der Waals surface area contributed by atoms with Gasteiger partial charge in [-0.15, -0.1) is 0 Å². The van der Waals surface area contributed by atoms with Gasteiger partial charge in [0.05, 0.1) is 18.9 Å². The van der Waals surface area contributed by atoms with Gasteiger partial charge in [0.15, 0.2) is 5.82 Å². The van der Waals surface area contributed by atoms with Gasteiger partial charge in [0.2, 0.25) is 6.41 Å². The van der Waals surface area contributed by atoms with Crippen molar-refractivity contribution in [3.63, 3.8) is 0 Å². The molecule has 9 nitrogen and oxygen atoms in total. The maximum Gasteiger partial charge on any atom is 0.290 e. The molecule has 2 saturated heterocycles. The number of fused-ring (bicyclic) bond motifs is 1. The van der Waals surface area contributed by atoms with Crippen molar-refractivity contribution in [1.82, 2.24) is 24.3 Å². The highest BCUT2D eigenvalue weighted by Gasteiger charge is 2.32. The van der Waals surface area contributed by atoms with Gasteiger partial charge in [-0.2, -0.15) is 0 Å². The van der Waals surface area contributed by atoms with Crippen molar-refractivity contribution in [2.24, 2.45) is 0 Å². The van der Waals surface area contributed by atoms with Crippen LogP contribution < -0.4 is 0 Å². The van der Waals surface area contributed by atoms with Crippen LogP contribution in [0, 0.1) is 0 Å². The molecule has 1 aromatic heterocycles. The Bertz CT molecular complexity index is 732. The van der Waals surface area contributed by atoms with E-state index in [0.717, 1.165) is 31.4 Å². The third-order valence-electron chi connectivity index (χ3n) is 5.56. The first kappa shape index (κ1) is 18.0. The molecule has 146 valence electrons. The molecule has 0 unspecified atom stereocenters. The van der Waals surface area contributed by atoms with Crippen molar-refractivity contribution in [3.8, 4) is 0 Å². The van der Waals surface area contributed by atoms with Crippen molar-refractivity contribution < 1.29 is 19.1 Å². The van der Waals surface area contributed by atoms with Crippen LogP contribution in [0.3, 0.4) is 0 Å². The minimum Gasteiger partial charge on any atom is -0.378 e. The minimum absolute atomic E-state index is 0.103. The van der Waals surface area contributed by atoms with Crippen molar-refractivity contribution in [2.45, 2.75) is 25.8 Å². The van der Waals surface area contributed by atoms with Gasteiger partial charge in [-0.3, -0.25) is 14.4 Å². The number of carbonyl (C=O) groups is 3. The van der Waals surface area contributed by atoms with E-state index in [1.54, 1.807) is 14.7 Å². The van der Waals surface area contributed by atoms with Gasteiger partial charge in [0.1, 0.15) is 5.69 Å². The molecule has 0 aromatic carbocycles. The van der Waals surface area contributed by atoms with E-state index in [2.05, 4.69) is 4.98 Å². The van der Waals surface area contributed by atoms with E-state index in [0.29, 0.717) is 70.5 Å². The Labute approximate surface area is 157 Å². The first-order valence-electron chi connectivity index (χ1n) is 9.64. The summed E-state index contributed by atoms with van der Waals surface area (Å²) >= 11 is 0. The molecular weight excluding hydrogens is 350 g/mol. The number of piperazine rings is 1. The molecule has 0 aliphatic carbocycles. The summed E-state index contributed by atoms with van der Waals surface area (Å²) in [6.45, 7) is 4.95. The summed E-state index contributed by atoms with van der Waals surface area (Å²) in [6, 6.07) is 0. The zero-order valence-electron chi connectivity index (χ0n) is 15.4. The summed E-state index contributed by atoms with van der Waals surface area (Å²) in [5.41, 5.74) is 1.30. The maximum absolute atomic E-state index is 13.1. The number of amides is 3. The molecule has 9 heteroatoms.